The molecule has 96 valence electrons. The van der Waals surface area contributed by atoms with Gasteiger partial charge in [-0.2, -0.15) is 0 Å². The van der Waals surface area contributed by atoms with Crippen molar-refractivity contribution in [1.82, 2.24) is 4.90 Å². The Morgan fingerprint density at radius 3 is 2.65 bits per heavy atom. The number of thioether (sulfide) groups is 1. The van der Waals surface area contributed by atoms with Gasteiger partial charge in [-0.3, -0.25) is 4.79 Å². The summed E-state index contributed by atoms with van der Waals surface area (Å²) in [5.74, 6) is 0.918. The molecule has 17 heavy (non-hydrogen) atoms. The van der Waals surface area contributed by atoms with Crippen LogP contribution in [-0.2, 0) is 9.59 Å². The summed E-state index contributed by atoms with van der Waals surface area (Å²) in [5.41, 5.74) is 0. The lowest BCUT2D eigenvalue weighted by atomic mass is 10.0. The molecule has 1 atom stereocenters. The highest BCUT2D eigenvalue weighted by atomic mass is 32.2. The molecular weight excluding hydrogens is 238 g/mol. The van der Waals surface area contributed by atoms with Crippen molar-refractivity contribution in [3.63, 3.8) is 0 Å². The van der Waals surface area contributed by atoms with Gasteiger partial charge in [0.1, 0.15) is 6.04 Å². The van der Waals surface area contributed by atoms with E-state index in [1.54, 1.807) is 0 Å². The van der Waals surface area contributed by atoms with Crippen molar-refractivity contribution in [1.29, 1.82) is 0 Å². The number of aliphatic carboxylic acids is 1. The van der Waals surface area contributed by atoms with E-state index in [4.69, 9.17) is 5.11 Å². The van der Waals surface area contributed by atoms with Crippen LogP contribution in [0.1, 0.15) is 38.5 Å². The first-order valence-electron chi connectivity index (χ1n) is 6.28. The van der Waals surface area contributed by atoms with Crippen LogP contribution in [0.25, 0.3) is 0 Å². The third kappa shape index (κ3) is 3.15. The number of carbonyl (C=O) groups excluding carboxylic acids is 1. The summed E-state index contributed by atoms with van der Waals surface area (Å²) in [6.07, 6.45) is 6.52. The van der Waals surface area contributed by atoms with E-state index in [-0.39, 0.29) is 5.91 Å². The van der Waals surface area contributed by atoms with E-state index in [2.05, 4.69) is 0 Å². The predicted octanol–water partition coefficient (Wildman–Crippen LogP) is 1.94. The molecule has 1 saturated heterocycles. The summed E-state index contributed by atoms with van der Waals surface area (Å²) in [6.45, 7) is 0. The zero-order valence-corrected chi connectivity index (χ0v) is 10.7. The van der Waals surface area contributed by atoms with E-state index in [1.807, 2.05) is 0 Å². The van der Waals surface area contributed by atoms with Gasteiger partial charge in [-0.15, -0.1) is 11.8 Å². The van der Waals surface area contributed by atoms with Gasteiger partial charge in [0.25, 0.3) is 0 Å². The standard InChI is InChI=1S/C12H19NO3S/c14-11(6-5-9-3-1-2-4-9)13-8-17-7-10(13)12(15)16/h9-10H,1-8H2,(H,15,16). The van der Waals surface area contributed by atoms with Crippen molar-refractivity contribution in [2.75, 3.05) is 11.6 Å². The van der Waals surface area contributed by atoms with Crippen LogP contribution in [0.3, 0.4) is 0 Å². The number of rotatable bonds is 4. The third-order valence-corrected chi connectivity index (χ3v) is 4.74. The van der Waals surface area contributed by atoms with Gasteiger partial charge in [0, 0.05) is 12.2 Å². The number of carbonyl (C=O) groups is 2. The fourth-order valence-electron chi connectivity index (χ4n) is 2.66. The maximum absolute atomic E-state index is 12.0. The van der Waals surface area contributed by atoms with Crippen molar-refractivity contribution >= 4 is 23.6 Å². The van der Waals surface area contributed by atoms with Crippen molar-refractivity contribution in [2.24, 2.45) is 5.92 Å². The molecule has 1 amide bonds. The van der Waals surface area contributed by atoms with Gasteiger partial charge in [-0.25, -0.2) is 4.79 Å². The van der Waals surface area contributed by atoms with Crippen LogP contribution < -0.4 is 0 Å². The zero-order valence-electron chi connectivity index (χ0n) is 9.93. The molecule has 0 aromatic rings. The lowest BCUT2D eigenvalue weighted by Crippen LogP contribution is -2.41. The van der Waals surface area contributed by atoms with E-state index < -0.39 is 12.0 Å². The highest BCUT2D eigenvalue weighted by Crippen LogP contribution is 2.29. The maximum Gasteiger partial charge on any atom is 0.327 e. The van der Waals surface area contributed by atoms with Crippen LogP contribution in [-0.4, -0.2) is 39.6 Å². The maximum atomic E-state index is 12.0. The van der Waals surface area contributed by atoms with E-state index in [1.165, 1.54) is 42.3 Å². The molecule has 1 unspecified atom stereocenters. The molecule has 0 radical (unpaired) electrons. The third-order valence-electron chi connectivity index (χ3n) is 3.73. The molecule has 1 aliphatic carbocycles. The highest BCUT2D eigenvalue weighted by Gasteiger charge is 2.34. The number of amides is 1. The smallest absolute Gasteiger partial charge is 0.327 e. The summed E-state index contributed by atoms with van der Waals surface area (Å²) in [6, 6.07) is -0.601. The first-order valence-corrected chi connectivity index (χ1v) is 7.44. The number of carboxylic acids is 1. The van der Waals surface area contributed by atoms with Crippen molar-refractivity contribution in [3.8, 4) is 0 Å². The van der Waals surface area contributed by atoms with Crippen LogP contribution in [0.5, 0.6) is 0 Å². The molecule has 0 bridgehead atoms. The van der Waals surface area contributed by atoms with Crippen LogP contribution >= 0.6 is 11.8 Å². The van der Waals surface area contributed by atoms with Gasteiger partial charge >= 0.3 is 5.97 Å². The van der Waals surface area contributed by atoms with Gasteiger partial charge in [-0.05, 0) is 12.3 Å². The largest absolute Gasteiger partial charge is 0.480 e. The topological polar surface area (TPSA) is 57.6 Å². The quantitative estimate of drug-likeness (QED) is 0.836. The Hall–Kier alpha value is -0.710. The molecule has 2 fully saturated rings. The minimum atomic E-state index is -0.871. The summed E-state index contributed by atoms with van der Waals surface area (Å²) in [7, 11) is 0. The second kappa shape index (κ2) is 5.76. The molecule has 1 heterocycles. The lowest BCUT2D eigenvalue weighted by molar-refractivity contribution is -0.147. The van der Waals surface area contributed by atoms with Gasteiger partial charge in [0.05, 0.1) is 5.88 Å². The van der Waals surface area contributed by atoms with E-state index in [9.17, 15) is 9.59 Å². The molecule has 0 aromatic heterocycles. The molecule has 2 aliphatic rings. The summed E-state index contributed by atoms with van der Waals surface area (Å²) in [4.78, 5) is 24.5. The lowest BCUT2D eigenvalue weighted by Gasteiger charge is -2.21. The predicted molar refractivity (Wildman–Crippen MR) is 66.8 cm³/mol. The molecule has 4 nitrogen and oxygen atoms in total. The van der Waals surface area contributed by atoms with Gasteiger partial charge in [0.15, 0.2) is 0 Å². The number of carboxylic acid groups (broad SMARTS) is 1. The van der Waals surface area contributed by atoms with Crippen LogP contribution in [0, 0.1) is 5.92 Å². The average molecular weight is 257 g/mol. The number of hydrogen-bond acceptors (Lipinski definition) is 3. The second-order valence-corrected chi connectivity index (χ2v) is 5.91. The monoisotopic (exact) mass is 257 g/mol. The Morgan fingerprint density at radius 2 is 2.00 bits per heavy atom. The molecule has 1 saturated carbocycles. The zero-order chi connectivity index (χ0) is 12.3. The number of nitrogens with zero attached hydrogens (tertiary/aromatic N) is 1. The molecule has 0 aromatic carbocycles. The first kappa shape index (κ1) is 12.7. The summed E-state index contributed by atoms with van der Waals surface area (Å²) >= 11 is 1.53. The normalized spacial score (nSPS) is 25.4. The van der Waals surface area contributed by atoms with Crippen LogP contribution in [0.2, 0.25) is 0 Å². The second-order valence-electron chi connectivity index (χ2n) is 4.91. The molecule has 1 aliphatic heterocycles. The van der Waals surface area contributed by atoms with E-state index in [0.29, 0.717) is 24.0 Å². The first-order chi connectivity index (χ1) is 8.18. The van der Waals surface area contributed by atoms with Gasteiger partial charge in [-0.1, -0.05) is 25.7 Å². The molecule has 5 heteroatoms. The van der Waals surface area contributed by atoms with Crippen molar-refractivity contribution in [2.45, 2.75) is 44.6 Å². The highest BCUT2D eigenvalue weighted by molar-refractivity contribution is 7.99. The Kier molecular flexibility index (Phi) is 4.31. The van der Waals surface area contributed by atoms with Crippen molar-refractivity contribution < 1.29 is 14.7 Å². The van der Waals surface area contributed by atoms with Crippen molar-refractivity contribution in [3.05, 3.63) is 0 Å². The fraction of sp³-hybridized carbons (Fsp3) is 0.833. The molecule has 0 spiro atoms. The average Bonchev–Trinajstić information content (AvgIpc) is 2.96. The summed E-state index contributed by atoms with van der Waals surface area (Å²) < 4.78 is 0. The summed E-state index contributed by atoms with van der Waals surface area (Å²) in [5, 5.41) is 9.01. The van der Waals surface area contributed by atoms with E-state index in [0.717, 1.165) is 6.42 Å². The van der Waals surface area contributed by atoms with Crippen LogP contribution in [0.4, 0.5) is 0 Å². The molecule has 2 rings (SSSR count). The SMILES string of the molecule is O=C(O)C1CSCN1C(=O)CCC1CCCC1. The van der Waals surface area contributed by atoms with Crippen LogP contribution in [0.15, 0.2) is 0 Å². The Balaban J connectivity index is 1.80. The Labute approximate surface area is 106 Å². The van der Waals surface area contributed by atoms with Gasteiger partial charge < -0.3 is 10.0 Å². The fourth-order valence-corrected chi connectivity index (χ4v) is 3.84. The molecular formula is C12H19NO3S. The van der Waals surface area contributed by atoms with E-state index >= 15 is 0 Å². The van der Waals surface area contributed by atoms with Gasteiger partial charge in [0.2, 0.25) is 5.91 Å². The Morgan fingerprint density at radius 1 is 1.29 bits per heavy atom. The number of hydrogen-bond donors (Lipinski definition) is 1. The Bertz CT molecular complexity index is 302. The minimum absolute atomic E-state index is 0.0225. The minimum Gasteiger partial charge on any atom is -0.480 e. The molecule has 1 N–H and O–H groups in total.